The summed E-state index contributed by atoms with van der Waals surface area (Å²) < 4.78 is 18.2. The van der Waals surface area contributed by atoms with Crippen molar-refractivity contribution in [2.75, 3.05) is 24.4 Å². The van der Waals surface area contributed by atoms with E-state index >= 15 is 0 Å². The van der Waals surface area contributed by atoms with Gasteiger partial charge in [0.2, 0.25) is 5.82 Å². The highest BCUT2D eigenvalue weighted by molar-refractivity contribution is 9.10. The molecule has 0 bridgehead atoms. The number of nitrogens with zero attached hydrogens (tertiary/aromatic N) is 4. The van der Waals surface area contributed by atoms with Gasteiger partial charge in [-0.15, -0.1) is 0 Å². The number of carbonyl (C=O) groups is 1. The molecule has 12 nitrogen and oxygen atoms in total. The Hall–Kier alpha value is -3.14. The SMILES string of the molecule is Nc1ncc(C(=O)NCCONc2nonc2C(=Nc2ccc(F)c(Br)c2)NO)s1. The minimum atomic E-state index is -0.461. The van der Waals surface area contributed by atoms with Gasteiger partial charge < -0.3 is 11.1 Å². The zero-order valence-electron chi connectivity index (χ0n) is 14.9. The second kappa shape index (κ2) is 10.1. The normalized spacial score (nSPS) is 11.4. The van der Waals surface area contributed by atoms with Crippen LogP contribution in [0.25, 0.3) is 0 Å². The number of nitrogens with one attached hydrogen (secondary N) is 3. The fourth-order valence-electron chi connectivity index (χ4n) is 2.04. The molecule has 0 spiro atoms. The maximum absolute atomic E-state index is 13.3. The van der Waals surface area contributed by atoms with E-state index in [1.54, 1.807) is 0 Å². The number of nitrogens with two attached hydrogens (primary N) is 1. The van der Waals surface area contributed by atoms with E-state index in [4.69, 9.17) is 10.6 Å². The number of amidine groups is 1. The first kappa shape index (κ1) is 21.6. The molecule has 0 saturated carbocycles. The lowest BCUT2D eigenvalue weighted by Crippen LogP contribution is -2.27. The molecule has 3 aromatic rings. The molecule has 2 aromatic heterocycles. The molecule has 30 heavy (non-hydrogen) atoms. The molecule has 1 aromatic carbocycles. The lowest BCUT2D eigenvalue weighted by molar-refractivity contribution is 0.0939. The molecule has 0 radical (unpaired) electrons. The van der Waals surface area contributed by atoms with Gasteiger partial charge in [-0.1, -0.05) is 11.3 Å². The van der Waals surface area contributed by atoms with E-state index in [1.807, 2.05) is 5.48 Å². The van der Waals surface area contributed by atoms with Crippen LogP contribution in [0.2, 0.25) is 0 Å². The Morgan fingerprint density at radius 3 is 2.97 bits per heavy atom. The average Bonchev–Trinajstić information content (AvgIpc) is 3.37. The third-order valence-corrected chi connectivity index (χ3v) is 4.80. The maximum atomic E-state index is 13.3. The molecule has 158 valence electrons. The number of rotatable bonds is 8. The second-order valence-corrected chi connectivity index (χ2v) is 7.32. The Morgan fingerprint density at radius 1 is 1.43 bits per heavy atom. The van der Waals surface area contributed by atoms with Crippen LogP contribution < -0.4 is 22.0 Å². The zero-order chi connectivity index (χ0) is 21.5. The first-order chi connectivity index (χ1) is 14.5. The van der Waals surface area contributed by atoms with E-state index in [-0.39, 0.29) is 40.9 Å². The summed E-state index contributed by atoms with van der Waals surface area (Å²) in [4.78, 5) is 25.4. The van der Waals surface area contributed by atoms with Crippen molar-refractivity contribution in [2.24, 2.45) is 4.99 Å². The van der Waals surface area contributed by atoms with E-state index < -0.39 is 5.82 Å². The van der Waals surface area contributed by atoms with Gasteiger partial charge >= 0.3 is 0 Å². The number of carbonyl (C=O) groups excluding carboxylic acids is 1. The van der Waals surface area contributed by atoms with Crippen LogP contribution in [0.15, 0.2) is 38.5 Å². The number of aliphatic imine (C=N–C) groups is 1. The van der Waals surface area contributed by atoms with Crippen LogP contribution in [0.4, 0.5) is 21.0 Å². The molecule has 0 aliphatic rings. The van der Waals surface area contributed by atoms with Crippen molar-refractivity contribution in [1.82, 2.24) is 26.1 Å². The van der Waals surface area contributed by atoms with Gasteiger partial charge in [0.05, 0.1) is 23.0 Å². The molecule has 0 aliphatic heterocycles. The molecule has 15 heteroatoms. The van der Waals surface area contributed by atoms with Crippen molar-refractivity contribution in [3.05, 3.63) is 45.3 Å². The summed E-state index contributed by atoms with van der Waals surface area (Å²) in [6.45, 7) is 0.239. The van der Waals surface area contributed by atoms with E-state index in [0.29, 0.717) is 15.7 Å². The molecule has 0 fully saturated rings. The van der Waals surface area contributed by atoms with Gasteiger partial charge in [-0.3, -0.25) is 20.3 Å². The number of anilines is 2. The fraction of sp³-hybridized carbons (Fsp3) is 0.133. The van der Waals surface area contributed by atoms with Gasteiger partial charge in [-0.25, -0.2) is 24.5 Å². The monoisotopic (exact) mass is 500 g/mol. The largest absolute Gasteiger partial charge is 0.375 e. The van der Waals surface area contributed by atoms with Crippen LogP contribution in [0.1, 0.15) is 15.4 Å². The van der Waals surface area contributed by atoms with E-state index in [0.717, 1.165) is 11.3 Å². The summed E-state index contributed by atoms with van der Waals surface area (Å²) >= 11 is 4.12. The molecule has 0 unspecified atom stereocenters. The van der Waals surface area contributed by atoms with E-state index in [1.165, 1.54) is 24.4 Å². The van der Waals surface area contributed by atoms with Crippen molar-refractivity contribution in [1.29, 1.82) is 0 Å². The van der Waals surface area contributed by atoms with Crippen LogP contribution in [-0.2, 0) is 4.84 Å². The van der Waals surface area contributed by atoms with Crippen molar-refractivity contribution in [3.8, 4) is 0 Å². The van der Waals surface area contributed by atoms with Gasteiger partial charge in [-0.2, -0.15) is 0 Å². The fourth-order valence-corrected chi connectivity index (χ4v) is 3.01. The van der Waals surface area contributed by atoms with Gasteiger partial charge in [-0.05, 0) is 44.4 Å². The Labute approximate surface area is 180 Å². The Bertz CT molecular complexity index is 1060. The number of nitrogen functional groups attached to an aromatic ring is 1. The summed E-state index contributed by atoms with van der Waals surface area (Å²) in [6, 6.07) is 4.01. The van der Waals surface area contributed by atoms with Crippen LogP contribution in [0.3, 0.4) is 0 Å². The second-order valence-electron chi connectivity index (χ2n) is 5.40. The topological polar surface area (TPSA) is 173 Å². The third kappa shape index (κ3) is 5.47. The summed E-state index contributed by atoms with van der Waals surface area (Å²) in [5.41, 5.74) is 10.2. The molecule has 2 heterocycles. The van der Waals surface area contributed by atoms with Crippen molar-refractivity contribution in [3.63, 3.8) is 0 Å². The highest BCUT2D eigenvalue weighted by Crippen LogP contribution is 2.23. The number of thiazole rings is 1. The van der Waals surface area contributed by atoms with Crippen molar-refractivity contribution >= 4 is 55.6 Å². The van der Waals surface area contributed by atoms with Crippen LogP contribution in [0.5, 0.6) is 0 Å². The Kier molecular flexibility index (Phi) is 7.23. The number of halogens is 2. The van der Waals surface area contributed by atoms with Gasteiger partial charge in [0, 0.05) is 6.54 Å². The molecule has 6 N–H and O–H groups in total. The molecule has 0 aliphatic carbocycles. The van der Waals surface area contributed by atoms with Gasteiger partial charge in [0.1, 0.15) is 10.7 Å². The summed E-state index contributed by atoms with van der Waals surface area (Å²) in [6.07, 6.45) is 1.38. The highest BCUT2D eigenvalue weighted by Gasteiger charge is 2.17. The van der Waals surface area contributed by atoms with Gasteiger partial charge in [0.25, 0.3) is 5.91 Å². The predicted molar refractivity (Wildman–Crippen MR) is 108 cm³/mol. The number of amides is 1. The minimum Gasteiger partial charge on any atom is -0.375 e. The van der Waals surface area contributed by atoms with E-state index in [9.17, 15) is 14.4 Å². The number of benzene rings is 1. The first-order valence-corrected chi connectivity index (χ1v) is 9.73. The molecule has 0 atom stereocenters. The maximum Gasteiger partial charge on any atom is 0.263 e. The number of hydrogen-bond donors (Lipinski definition) is 5. The van der Waals surface area contributed by atoms with Crippen LogP contribution in [0, 0.1) is 5.82 Å². The summed E-state index contributed by atoms with van der Waals surface area (Å²) in [5.74, 6) is -0.909. The first-order valence-electron chi connectivity index (χ1n) is 8.12. The Balaban J connectivity index is 1.55. The quantitative estimate of drug-likeness (QED) is 0.133. The number of hydrogen-bond acceptors (Lipinski definition) is 11. The Morgan fingerprint density at radius 2 is 2.27 bits per heavy atom. The molecular formula is C15H14BrFN8O4S. The lowest BCUT2D eigenvalue weighted by Gasteiger charge is -2.07. The van der Waals surface area contributed by atoms with E-state index in [2.05, 4.69) is 51.6 Å². The summed E-state index contributed by atoms with van der Waals surface area (Å²) in [7, 11) is 0. The number of aromatic nitrogens is 3. The predicted octanol–water partition coefficient (Wildman–Crippen LogP) is 1.84. The third-order valence-electron chi connectivity index (χ3n) is 3.37. The molecule has 0 saturated heterocycles. The van der Waals surface area contributed by atoms with Crippen molar-refractivity contribution < 1.29 is 23.9 Å². The van der Waals surface area contributed by atoms with Crippen LogP contribution in [-0.4, -0.2) is 45.4 Å². The molecule has 1 amide bonds. The average molecular weight is 501 g/mol. The summed E-state index contributed by atoms with van der Waals surface area (Å²) in [5, 5.41) is 19.6. The molecule has 3 rings (SSSR count). The lowest BCUT2D eigenvalue weighted by atomic mass is 10.3. The zero-order valence-corrected chi connectivity index (χ0v) is 17.3. The minimum absolute atomic E-state index is 0.00196. The van der Waals surface area contributed by atoms with Crippen LogP contribution >= 0.6 is 27.3 Å². The standard InChI is InChI=1S/C15H14BrFN8O4S/c16-8-5-7(1-2-9(8)17)21-12(22-27)11-13(25-29-23-11)24-28-4-3-19-14(26)10-6-20-15(18)30-10/h1-2,5-6,27H,3-4H2,(H2,18,20)(H,19,26)(H,21,22)(H,24,25). The molecular weight excluding hydrogens is 487 g/mol. The van der Waals surface area contributed by atoms with Gasteiger partial charge in [0.15, 0.2) is 16.7 Å². The highest BCUT2D eigenvalue weighted by atomic mass is 79.9. The number of hydroxylamine groups is 1. The van der Waals surface area contributed by atoms with Crippen molar-refractivity contribution in [2.45, 2.75) is 0 Å². The smallest absolute Gasteiger partial charge is 0.263 e.